The second-order valence-electron chi connectivity index (χ2n) is 5.43. The minimum Gasteiger partial charge on any atom is -0.0669 e. The zero-order valence-corrected chi connectivity index (χ0v) is 10.9. The molecule has 0 fully saturated rings. The lowest BCUT2D eigenvalue weighted by Crippen LogP contribution is -2.07. The van der Waals surface area contributed by atoms with Gasteiger partial charge in [-0.3, -0.25) is 0 Å². The Hall–Kier alpha value is 0.0649. The Balaban J connectivity index is 3.40. The molecule has 0 aromatic heterocycles. The van der Waals surface area contributed by atoms with Gasteiger partial charge in [0, 0.05) is 0 Å². The van der Waals surface area contributed by atoms with Gasteiger partial charge in [0.2, 0.25) is 0 Å². The third kappa shape index (κ3) is 8.65. The maximum atomic E-state index is 2.44. The van der Waals surface area contributed by atoms with Crippen LogP contribution in [0.4, 0.5) is 0 Å². The van der Waals surface area contributed by atoms with Gasteiger partial charge in [0.25, 0.3) is 0 Å². The summed E-state index contributed by atoms with van der Waals surface area (Å²) in [6.45, 7) is 7.01. The molecule has 0 aliphatic heterocycles. The van der Waals surface area contributed by atoms with Gasteiger partial charge in [-0.05, 0) is 0 Å². The molecule has 0 heterocycles. The predicted octanol–water partition coefficient (Wildman–Crippen LogP) is 4.35. The average molecular weight is 196 g/mol. The number of rotatable bonds is 9. The van der Waals surface area contributed by atoms with Crippen molar-refractivity contribution in [2.24, 2.45) is 0 Å². The first-order chi connectivity index (χ1) is 6.62. The molecule has 0 nitrogen and oxygen atoms in total. The summed E-state index contributed by atoms with van der Waals surface area (Å²) >= 11 is 0. The van der Waals surface area contributed by atoms with E-state index in [1.54, 1.807) is 0 Å². The second-order valence-corrected chi connectivity index (χ2v) is 5.43. The maximum absolute atomic E-state index is 2.44. The fourth-order valence-corrected chi connectivity index (χ4v) is 2.01. The Labute approximate surface area is 92.3 Å². The topological polar surface area (TPSA) is 0 Å². The third-order valence-corrected chi connectivity index (χ3v) is 3.16. The molecule has 0 radical (unpaired) electrons. The van der Waals surface area contributed by atoms with Crippen LogP contribution in [-0.2, 0) is 0 Å². The molecule has 0 spiro atoms. The zero-order valence-electron chi connectivity index (χ0n) is 10.9. The van der Waals surface area contributed by atoms with Crippen LogP contribution < -0.4 is 0 Å². The first-order valence-corrected chi connectivity index (χ1v) is 6.62. The van der Waals surface area contributed by atoms with Crippen molar-refractivity contribution in [2.45, 2.75) is 83.9 Å². The first-order valence-electron chi connectivity index (χ1n) is 6.62. The highest BCUT2D eigenvalue weighted by atomic mass is 14.2. The van der Waals surface area contributed by atoms with Crippen molar-refractivity contribution in [3.8, 4) is 0 Å². The average Bonchev–Trinajstić information content (AvgIpc) is 2.13. The van der Waals surface area contributed by atoms with E-state index < -0.39 is 0 Å². The molecule has 0 saturated heterocycles. The van der Waals surface area contributed by atoms with Gasteiger partial charge in [-0.1, -0.05) is 83.9 Å². The number of hydrogen-bond acceptors (Lipinski definition) is 0. The molecule has 0 aromatic rings. The largest absolute Gasteiger partial charge is 0.109 e. The molecule has 0 saturated carbocycles. The molecule has 0 N–H and O–H groups in total. The molecule has 0 bridgehead atoms. The monoisotopic (exact) mass is 196 g/mol. The highest BCUT2D eigenvalue weighted by Crippen LogP contribution is 2.34. The van der Waals surface area contributed by atoms with Gasteiger partial charge >= 0.3 is 0 Å². The minimum atomic E-state index is 0.600. The molecule has 0 rings (SSSR count). The van der Waals surface area contributed by atoms with E-state index in [0.29, 0.717) is 5.31 Å². The van der Waals surface area contributed by atoms with E-state index in [0.717, 1.165) is 0 Å². The van der Waals surface area contributed by atoms with Crippen molar-refractivity contribution in [1.29, 1.82) is 0 Å². The molecule has 14 heavy (non-hydrogen) atoms. The SMILES string of the molecule is BC(C)(CCCCC)CCCCCC. The molecule has 0 aromatic carbocycles. The Morgan fingerprint density at radius 1 is 0.786 bits per heavy atom. The Kier molecular flexibility index (Phi) is 8.42. The van der Waals surface area contributed by atoms with Gasteiger partial charge in [0.1, 0.15) is 7.85 Å². The second kappa shape index (κ2) is 8.38. The van der Waals surface area contributed by atoms with E-state index in [4.69, 9.17) is 0 Å². The Morgan fingerprint density at radius 2 is 1.21 bits per heavy atom. The van der Waals surface area contributed by atoms with E-state index in [-0.39, 0.29) is 0 Å². The normalized spacial score (nSPS) is 15.4. The quantitative estimate of drug-likeness (QED) is 0.380. The van der Waals surface area contributed by atoms with Gasteiger partial charge in [0.15, 0.2) is 0 Å². The van der Waals surface area contributed by atoms with E-state index in [1.807, 2.05) is 0 Å². The van der Waals surface area contributed by atoms with Crippen LogP contribution in [0.25, 0.3) is 0 Å². The van der Waals surface area contributed by atoms with Crippen molar-refractivity contribution < 1.29 is 0 Å². The summed E-state index contributed by atoms with van der Waals surface area (Å²) in [5, 5.41) is 0.600. The van der Waals surface area contributed by atoms with E-state index in [9.17, 15) is 0 Å². The smallest absolute Gasteiger partial charge is 0.0669 e. The minimum absolute atomic E-state index is 0.600. The first kappa shape index (κ1) is 14.1. The van der Waals surface area contributed by atoms with Crippen LogP contribution in [0.3, 0.4) is 0 Å². The summed E-state index contributed by atoms with van der Waals surface area (Å²) in [7, 11) is 2.44. The fraction of sp³-hybridized carbons (Fsp3) is 1.00. The summed E-state index contributed by atoms with van der Waals surface area (Å²) in [6.07, 6.45) is 12.7. The molecular formula is C13H29B. The van der Waals surface area contributed by atoms with Crippen LogP contribution in [0.15, 0.2) is 0 Å². The summed E-state index contributed by atoms with van der Waals surface area (Å²) in [5.74, 6) is 0. The predicted molar refractivity (Wildman–Crippen MR) is 69.8 cm³/mol. The molecule has 0 aliphatic carbocycles. The highest BCUT2D eigenvalue weighted by Gasteiger charge is 2.16. The summed E-state index contributed by atoms with van der Waals surface area (Å²) in [6, 6.07) is 0. The van der Waals surface area contributed by atoms with Gasteiger partial charge in [-0.15, -0.1) is 0 Å². The Morgan fingerprint density at radius 3 is 1.71 bits per heavy atom. The standard InChI is InChI=1S/C13H29B/c1-4-6-8-10-12-13(3,14)11-9-7-5-2/h4-12,14H2,1-3H3. The molecule has 0 amide bonds. The number of hydrogen-bond donors (Lipinski definition) is 0. The summed E-state index contributed by atoms with van der Waals surface area (Å²) in [5.41, 5.74) is 0. The lowest BCUT2D eigenvalue weighted by molar-refractivity contribution is 0.459. The highest BCUT2D eigenvalue weighted by molar-refractivity contribution is 6.14. The van der Waals surface area contributed by atoms with Crippen LogP contribution in [0.1, 0.15) is 78.6 Å². The molecular weight excluding hydrogens is 167 g/mol. The van der Waals surface area contributed by atoms with Gasteiger partial charge < -0.3 is 0 Å². The maximum Gasteiger partial charge on any atom is 0.109 e. The van der Waals surface area contributed by atoms with Crippen LogP contribution in [0.2, 0.25) is 5.31 Å². The van der Waals surface area contributed by atoms with Gasteiger partial charge in [-0.2, -0.15) is 0 Å². The van der Waals surface area contributed by atoms with E-state index in [2.05, 4.69) is 28.6 Å². The molecule has 0 aliphatic rings. The van der Waals surface area contributed by atoms with Crippen molar-refractivity contribution in [3.63, 3.8) is 0 Å². The summed E-state index contributed by atoms with van der Waals surface area (Å²) < 4.78 is 0. The summed E-state index contributed by atoms with van der Waals surface area (Å²) in [4.78, 5) is 0. The van der Waals surface area contributed by atoms with E-state index in [1.165, 1.54) is 57.8 Å². The van der Waals surface area contributed by atoms with Crippen LogP contribution in [0.5, 0.6) is 0 Å². The lowest BCUT2D eigenvalue weighted by Gasteiger charge is -2.24. The molecule has 84 valence electrons. The fourth-order valence-electron chi connectivity index (χ4n) is 2.01. The van der Waals surface area contributed by atoms with Crippen molar-refractivity contribution >= 4 is 7.85 Å². The zero-order chi connectivity index (χ0) is 10.9. The van der Waals surface area contributed by atoms with Crippen LogP contribution >= 0.6 is 0 Å². The third-order valence-electron chi connectivity index (χ3n) is 3.16. The van der Waals surface area contributed by atoms with Gasteiger partial charge in [0.05, 0.1) is 0 Å². The lowest BCUT2D eigenvalue weighted by atomic mass is 9.64. The van der Waals surface area contributed by atoms with Crippen LogP contribution in [0, 0.1) is 0 Å². The Bertz CT molecular complexity index is 118. The van der Waals surface area contributed by atoms with Gasteiger partial charge in [-0.25, -0.2) is 0 Å². The van der Waals surface area contributed by atoms with Crippen molar-refractivity contribution in [3.05, 3.63) is 0 Å². The molecule has 1 unspecified atom stereocenters. The van der Waals surface area contributed by atoms with Crippen molar-refractivity contribution in [1.82, 2.24) is 0 Å². The molecule has 1 atom stereocenters. The van der Waals surface area contributed by atoms with Crippen molar-refractivity contribution in [2.75, 3.05) is 0 Å². The van der Waals surface area contributed by atoms with Crippen LogP contribution in [-0.4, -0.2) is 7.85 Å². The van der Waals surface area contributed by atoms with E-state index >= 15 is 0 Å². The molecule has 1 heteroatoms. The number of unbranched alkanes of at least 4 members (excludes halogenated alkanes) is 5.